The maximum Gasteiger partial charge on any atom is 0.303 e. The quantitative estimate of drug-likeness (QED) is 0.679. The number of aliphatic carboxylic acids is 1. The summed E-state index contributed by atoms with van der Waals surface area (Å²) in [4.78, 5) is 9.37. The summed E-state index contributed by atoms with van der Waals surface area (Å²) < 4.78 is 0. The normalized spacial score (nSPS) is 11.3. The van der Waals surface area contributed by atoms with Crippen LogP contribution in [0.2, 0.25) is 0 Å². The van der Waals surface area contributed by atoms with Crippen LogP contribution in [-0.4, -0.2) is 34.0 Å². The van der Waals surface area contributed by atoms with E-state index in [4.69, 9.17) is 33.4 Å². The van der Waals surface area contributed by atoms with Crippen LogP contribution in [0, 0.1) is 0 Å². The summed E-state index contributed by atoms with van der Waals surface area (Å²) in [6, 6.07) is 0. The highest BCUT2D eigenvalue weighted by atomic mass is 35.5. The average Bonchev–Trinajstić information content (AvgIpc) is 2.04. The molecule has 11 heavy (non-hydrogen) atoms. The minimum Gasteiger partial charge on any atom is -0.481 e. The number of carboxylic acid groups (broad SMARTS) is 1. The van der Waals surface area contributed by atoms with Crippen molar-refractivity contribution in [1.29, 1.82) is 0 Å². The van der Waals surface area contributed by atoms with Gasteiger partial charge in [-0.25, -0.2) is 0 Å². The first-order valence-corrected chi connectivity index (χ1v) is 4.08. The van der Waals surface area contributed by atoms with Crippen LogP contribution in [0.3, 0.4) is 0 Å². The first-order chi connectivity index (χ1) is 5.08. The highest BCUT2D eigenvalue weighted by Gasteiger charge is 1.95. The monoisotopic (exact) mass is 202 g/mol. The Hall–Kier alpha value is 0.01000. The summed E-state index contributed by atoms with van der Waals surface area (Å²) in [7, 11) is 0. The summed E-state index contributed by atoms with van der Waals surface area (Å²) in [5.74, 6) is -0.428. The lowest BCUT2D eigenvalue weighted by Crippen LogP contribution is -2.04. The second-order valence-corrected chi connectivity index (χ2v) is 2.61. The first-order valence-electron chi connectivity index (χ1n) is 3.11. The fourth-order valence-corrected chi connectivity index (χ4v) is 0.146. The summed E-state index contributed by atoms with van der Waals surface area (Å²) in [6.45, 7) is 1.56. The van der Waals surface area contributed by atoms with E-state index in [1.54, 1.807) is 6.92 Å². The van der Waals surface area contributed by atoms with Gasteiger partial charge < -0.3 is 10.2 Å². The molecule has 0 aliphatic carbocycles. The highest BCUT2D eigenvalue weighted by Crippen LogP contribution is 1.94. The van der Waals surface area contributed by atoms with Gasteiger partial charge in [-0.2, -0.15) is 0 Å². The lowest BCUT2D eigenvalue weighted by Gasteiger charge is -1.93. The number of rotatable bonds is 3. The average molecular weight is 203 g/mol. The van der Waals surface area contributed by atoms with E-state index in [1.165, 1.54) is 0 Å². The number of aliphatic hydroxyl groups excluding tert-OH is 1. The Labute approximate surface area is 75.9 Å². The second kappa shape index (κ2) is 10.0. The smallest absolute Gasteiger partial charge is 0.303 e. The zero-order valence-corrected chi connectivity index (χ0v) is 7.77. The Balaban J connectivity index is 0. The van der Waals surface area contributed by atoms with Crippen LogP contribution < -0.4 is 0 Å². The largest absolute Gasteiger partial charge is 0.481 e. The molecule has 2 N–H and O–H groups in total. The van der Waals surface area contributed by atoms with Crippen LogP contribution in [0.25, 0.3) is 0 Å². The number of carboxylic acids is 1. The molecule has 0 amide bonds. The van der Waals surface area contributed by atoms with Gasteiger partial charge in [0.1, 0.15) is 0 Å². The fourth-order valence-electron chi connectivity index (χ4n) is 0.0488. The molecule has 0 saturated carbocycles. The number of hydrogen-bond donors (Lipinski definition) is 2. The molecule has 0 aromatic rings. The number of alkyl halides is 2. The predicted molar refractivity (Wildman–Crippen MR) is 45.4 cm³/mol. The molecule has 0 heterocycles. The van der Waals surface area contributed by atoms with Gasteiger partial charge in [-0.3, -0.25) is 4.79 Å². The maximum absolute atomic E-state index is 9.37. The van der Waals surface area contributed by atoms with Crippen LogP contribution in [0.5, 0.6) is 0 Å². The topological polar surface area (TPSA) is 57.5 Å². The van der Waals surface area contributed by atoms with Gasteiger partial charge in [-0.05, 0) is 0 Å². The van der Waals surface area contributed by atoms with Crippen molar-refractivity contribution in [2.75, 3.05) is 12.5 Å². The number of halogens is 2. The third-order valence-corrected chi connectivity index (χ3v) is 1.49. The van der Waals surface area contributed by atoms with Gasteiger partial charge >= 0.3 is 5.97 Å². The molecule has 1 atom stereocenters. The van der Waals surface area contributed by atoms with E-state index in [0.29, 0.717) is 5.88 Å². The zero-order chi connectivity index (χ0) is 9.28. The third kappa shape index (κ3) is 17.8. The standard InChI is InChI=1S/C3H6Cl2O.C3H6O2/c4-1-3(5)2-6;1-2-3(4)5/h3,6H,1-2H2;2H2,1H3,(H,4,5). The molecular weight excluding hydrogens is 191 g/mol. The van der Waals surface area contributed by atoms with Gasteiger partial charge in [0.25, 0.3) is 0 Å². The van der Waals surface area contributed by atoms with Gasteiger partial charge in [0.15, 0.2) is 0 Å². The van der Waals surface area contributed by atoms with Crippen molar-refractivity contribution in [3.63, 3.8) is 0 Å². The molecule has 0 spiro atoms. The lowest BCUT2D eigenvalue weighted by molar-refractivity contribution is -0.136. The molecule has 0 rings (SSSR count). The van der Waals surface area contributed by atoms with E-state index in [1.807, 2.05) is 0 Å². The molecule has 0 aromatic carbocycles. The number of hydrogen-bond acceptors (Lipinski definition) is 2. The van der Waals surface area contributed by atoms with Crippen molar-refractivity contribution in [2.24, 2.45) is 0 Å². The van der Waals surface area contributed by atoms with Crippen molar-refractivity contribution < 1.29 is 15.0 Å². The van der Waals surface area contributed by atoms with Crippen molar-refractivity contribution in [3.8, 4) is 0 Å². The Bertz CT molecular complexity index is 93.8. The first kappa shape index (κ1) is 13.6. The van der Waals surface area contributed by atoms with Crippen LogP contribution in [0.4, 0.5) is 0 Å². The van der Waals surface area contributed by atoms with Crippen molar-refractivity contribution in [3.05, 3.63) is 0 Å². The van der Waals surface area contributed by atoms with Crippen molar-refractivity contribution in [1.82, 2.24) is 0 Å². The number of aliphatic hydroxyl groups is 1. The van der Waals surface area contributed by atoms with Gasteiger partial charge in [-0.1, -0.05) is 6.92 Å². The summed E-state index contributed by atoms with van der Waals surface area (Å²) >= 11 is 10.4. The molecule has 3 nitrogen and oxygen atoms in total. The second-order valence-electron chi connectivity index (χ2n) is 1.68. The molecule has 0 aliphatic heterocycles. The van der Waals surface area contributed by atoms with Crippen molar-refractivity contribution >= 4 is 29.2 Å². The molecular formula is C6H12Cl2O3. The minimum atomic E-state index is -0.745. The molecule has 68 valence electrons. The summed E-state index contributed by atoms with van der Waals surface area (Å²) in [5, 5.41) is 15.6. The van der Waals surface area contributed by atoms with Gasteiger partial charge in [0.05, 0.1) is 12.0 Å². The SMILES string of the molecule is CCC(=O)O.OCC(Cl)CCl. The summed E-state index contributed by atoms with van der Waals surface area (Å²) in [6.07, 6.45) is 0.222. The Morgan fingerprint density at radius 3 is 2.00 bits per heavy atom. The molecule has 0 radical (unpaired) electrons. The van der Waals surface area contributed by atoms with Crippen LogP contribution >= 0.6 is 23.2 Å². The molecule has 0 aliphatic rings. The molecule has 0 fully saturated rings. The van der Waals surface area contributed by atoms with Crippen LogP contribution in [0.1, 0.15) is 13.3 Å². The fraction of sp³-hybridized carbons (Fsp3) is 0.833. The van der Waals surface area contributed by atoms with E-state index in [0.717, 1.165) is 0 Å². The third-order valence-electron chi connectivity index (χ3n) is 0.668. The van der Waals surface area contributed by atoms with Crippen molar-refractivity contribution in [2.45, 2.75) is 18.7 Å². The van der Waals surface area contributed by atoms with Gasteiger partial charge in [0, 0.05) is 12.3 Å². The molecule has 0 aromatic heterocycles. The summed E-state index contributed by atoms with van der Waals surface area (Å²) in [5.41, 5.74) is 0. The number of carbonyl (C=O) groups is 1. The van der Waals surface area contributed by atoms with E-state index in [9.17, 15) is 4.79 Å². The van der Waals surface area contributed by atoms with Crippen LogP contribution in [-0.2, 0) is 4.79 Å². The molecule has 1 unspecified atom stereocenters. The zero-order valence-electron chi connectivity index (χ0n) is 6.26. The van der Waals surface area contributed by atoms with Gasteiger partial charge in [0.2, 0.25) is 0 Å². The van der Waals surface area contributed by atoms with Gasteiger partial charge in [-0.15, -0.1) is 23.2 Å². The Kier molecular flexibility index (Phi) is 12.4. The lowest BCUT2D eigenvalue weighted by atomic mass is 10.5. The highest BCUT2D eigenvalue weighted by molar-refractivity contribution is 6.28. The maximum atomic E-state index is 9.37. The predicted octanol–water partition coefficient (Wildman–Crippen LogP) is 1.31. The molecule has 0 saturated heterocycles. The molecule has 0 bridgehead atoms. The van der Waals surface area contributed by atoms with E-state index < -0.39 is 5.97 Å². The van der Waals surface area contributed by atoms with E-state index in [2.05, 4.69) is 0 Å². The minimum absolute atomic E-state index is 0.0367. The molecule has 5 heteroatoms. The van der Waals surface area contributed by atoms with E-state index in [-0.39, 0.29) is 18.4 Å². The van der Waals surface area contributed by atoms with E-state index >= 15 is 0 Å². The Morgan fingerprint density at radius 2 is 2.00 bits per heavy atom. The van der Waals surface area contributed by atoms with Crippen LogP contribution in [0.15, 0.2) is 0 Å². The Morgan fingerprint density at radius 1 is 1.64 bits per heavy atom.